The van der Waals surface area contributed by atoms with Crippen LogP contribution >= 0.6 is 0 Å². The summed E-state index contributed by atoms with van der Waals surface area (Å²) in [6.45, 7) is 14.4. The van der Waals surface area contributed by atoms with Crippen LogP contribution in [0.4, 0.5) is 0 Å². The molecule has 13 nitrogen and oxygen atoms in total. The van der Waals surface area contributed by atoms with Gasteiger partial charge in [0, 0.05) is 37.8 Å². The molecule has 0 aromatic heterocycles. The van der Waals surface area contributed by atoms with Gasteiger partial charge in [0.2, 0.25) is 5.91 Å². The molecule has 1 aromatic rings. The Kier molecular flexibility index (Phi) is 21.7. The number of aliphatic hydroxyl groups is 1. The number of aliphatic hydroxyl groups excluding tert-OH is 1. The average molecular weight is 819 g/mol. The lowest BCUT2D eigenvalue weighted by Gasteiger charge is -2.36. The molecule has 1 aromatic carbocycles. The number of hydrazine groups is 1. The lowest BCUT2D eigenvalue weighted by molar-refractivity contribution is -0.156. The molecule has 2 amide bonds. The molecule has 0 aliphatic carbocycles. The van der Waals surface area contributed by atoms with Crippen molar-refractivity contribution in [3.8, 4) is 0 Å². The Balaban J connectivity index is 2.26. The third-order valence-electron chi connectivity index (χ3n) is 9.60. The number of nitrogens with zero attached hydrogens (tertiary/aromatic N) is 1. The summed E-state index contributed by atoms with van der Waals surface area (Å²) in [5.74, 6) is -2.51. The van der Waals surface area contributed by atoms with Crippen LogP contribution in [0, 0.1) is 11.8 Å². The summed E-state index contributed by atoms with van der Waals surface area (Å²) in [6.07, 6.45) is 14.0. The zero-order chi connectivity index (χ0) is 44.1. The highest BCUT2D eigenvalue weighted by molar-refractivity contribution is 5.90. The van der Waals surface area contributed by atoms with Crippen molar-refractivity contribution in [1.29, 1.82) is 0 Å². The minimum atomic E-state index is -1.02. The molecule has 13 heteroatoms. The Labute approximate surface area is 350 Å². The predicted molar refractivity (Wildman–Crippen MR) is 228 cm³/mol. The zero-order valence-corrected chi connectivity index (χ0v) is 36.2. The largest absolute Gasteiger partial charge is 0.457 e. The first-order valence-corrected chi connectivity index (χ1v) is 20.4. The van der Waals surface area contributed by atoms with E-state index in [9.17, 15) is 33.9 Å². The van der Waals surface area contributed by atoms with Gasteiger partial charge in [-0.3, -0.25) is 19.4 Å². The summed E-state index contributed by atoms with van der Waals surface area (Å²) in [7, 11) is 1.70. The van der Waals surface area contributed by atoms with Crippen molar-refractivity contribution in [1.82, 2.24) is 21.1 Å². The third kappa shape index (κ3) is 18.7. The minimum absolute atomic E-state index is 0.0173. The first kappa shape index (κ1) is 50.2. The summed E-state index contributed by atoms with van der Waals surface area (Å²) < 4.78 is 11.4. The Morgan fingerprint density at radius 3 is 2.27 bits per heavy atom. The molecule has 0 spiro atoms. The van der Waals surface area contributed by atoms with Crippen LogP contribution in [0.25, 0.3) is 0 Å². The summed E-state index contributed by atoms with van der Waals surface area (Å²) in [5, 5.41) is 18.0. The van der Waals surface area contributed by atoms with Gasteiger partial charge < -0.3 is 34.8 Å². The second-order valence-electron chi connectivity index (χ2n) is 16.2. The number of Topliss-reactive ketones (excluding diaryl/α,β-unsaturated/α-hetero) is 1. The predicted octanol–water partition coefficient (Wildman–Crippen LogP) is 5.20. The molecule has 0 saturated carbocycles. The first-order valence-electron chi connectivity index (χ1n) is 20.4. The summed E-state index contributed by atoms with van der Waals surface area (Å²) in [4.78, 5) is 76.3. The van der Waals surface area contributed by atoms with Crippen LogP contribution in [-0.4, -0.2) is 95.5 Å². The van der Waals surface area contributed by atoms with Gasteiger partial charge in [0.1, 0.15) is 35.9 Å². The van der Waals surface area contributed by atoms with Gasteiger partial charge in [-0.25, -0.2) is 10.2 Å². The van der Waals surface area contributed by atoms with Crippen LogP contribution in [0.1, 0.15) is 93.1 Å². The Morgan fingerprint density at radius 2 is 1.66 bits per heavy atom. The number of amides is 2. The van der Waals surface area contributed by atoms with E-state index >= 15 is 0 Å². The molecule has 1 aliphatic heterocycles. The van der Waals surface area contributed by atoms with Crippen molar-refractivity contribution >= 4 is 35.8 Å². The molecule has 1 aliphatic rings. The number of hydrogen-bond donors (Lipinski definition) is 4. The van der Waals surface area contributed by atoms with E-state index in [4.69, 9.17) is 9.47 Å². The number of ether oxygens (including phenoxy) is 2. The number of likely N-dealkylation sites (N-methyl/N-ethyl adjacent to an activating group) is 1. The number of allylic oxidation sites excluding steroid dienone is 6. The van der Waals surface area contributed by atoms with Gasteiger partial charge in [0.15, 0.2) is 0 Å². The molecule has 1 saturated heterocycles. The van der Waals surface area contributed by atoms with Gasteiger partial charge in [-0.05, 0) is 90.5 Å². The second-order valence-corrected chi connectivity index (χ2v) is 16.2. The molecular weight excluding hydrogens is 753 g/mol. The normalized spacial score (nSPS) is 18.1. The van der Waals surface area contributed by atoms with Crippen molar-refractivity contribution in [3.63, 3.8) is 0 Å². The SMILES string of the molecule is CNC(C(=O)NC(Cc1ccccc1)C(=O)N1CCCC(C(=O)O[C@@H](C/C=C/C=C/C=C(\C)C(O)C(C=O)CCC(C)=O)/C(C)=C/C=C/C(=O)OC(C)(C)C)N1)C(C)C. The Hall–Kier alpha value is -4.98. The van der Waals surface area contributed by atoms with E-state index < -0.39 is 53.8 Å². The van der Waals surface area contributed by atoms with Gasteiger partial charge in [0.25, 0.3) is 5.91 Å². The smallest absolute Gasteiger partial charge is 0.331 e. The van der Waals surface area contributed by atoms with Crippen LogP contribution in [0.3, 0.4) is 0 Å². The maximum Gasteiger partial charge on any atom is 0.331 e. The molecule has 5 unspecified atom stereocenters. The fourth-order valence-electron chi connectivity index (χ4n) is 6.31. The van der Waals surface area contributed by atoms with E-state index in [1.54, 1.807) is 78.1 Å². The molecule has 1 heterocycles. The summed E-state index contributed by atoms with van der Waals surface area (Å²) in [6, 6.07) is 7.16. The van der Waals surface area contributed by atoms with Crippen LogP contribution < -0.4 is 16.1 Å². The number of carbonyl (C=O) groups excluding carboxylic acids is 6. The zero-order valence-electron chi connectivity index (χ0n) is 36.2. The van der Waals surface area contributed by atoms with Crippen molar-refractivity contribution < 1.29 is 43.3 Å². The number of ketones is 1. The molecule has 6 atom stereocenters. The molecule has 324 valence electrons. The van der Waals surface area contributed by atoms with E-state index in [1.807, 2.05) is 44.2 Å². The molecular formula is C46H66N4O9. The van der Waals surface area contributed by atoms with E-state index in [0.29, 0.717) is 36.8 Å². The monoisotopic (exact) mass is 818 g/mol. The molecule has 0 bridgehead atoms. The average Bonchev–Trinajstić information content (AvgIpc) is 3.17. The number of benzene rings is 1. The highest BCUT2D eigenvalue weighted by Gasteiger charge is 2.35. The molecule has 59 heavy (non-hydrogen) atoms. The lowest BCUT2D eigenvalue weighted by Crippen LogP contribution is -2.61. The fourth-order valence-corrected chi connectivity index (χ4v) is 6.31. The van der Waals surface area contributed by atoms with Crippen LogP contribution in [-0.2, 0) is 44.7 Å². The topological polar surface area (TPSA) is 180 Å². The van der Waals surface area contributed by atoms with Crippen molar-refractivity contribution in [2.75, 3.05) is 13.6 Å². The van der Waals surface area contributed by atoms with Crippen molar-refractivity contribution in [2.45, 2.75) is 130 Å². The van der Waals surface area contributed by atoms with E-state index in [2.05, 4.69) is 16.1 Å². The van der Waals surface area contributed by atoms with Gasteiger partial charge >= 0.3 is 11.9 Å². The molecule has 0 radical (unpaired) electrons. The lowest BCUT2D eigenvalue weighted by atomic mass is 9.92. The first-order chi connectivity index (χ1) is 27.9. The van der Waals surface area contributed by atoms with Gasteiger partial charge in [-0.1, -0.05) is 86.7 Å². The number of aldehydes is 1. The number of esters is 2. The maximum atomic E-state index is 14.0. The van der Waals surface area contributed by atoms with E-state index in [0.717, 1.165) is 5.56 Å². The summed E-state index contributed by atoms with van der Waals surface area (Å²) in [5.41, 5.74) is 4.49. The number of carbonyl (C=O) groups is 6. The fraction of sp³-hybridized carbons (Fsp3) is 0.522. The number of nitrogens with one attached hydrogen (secondary N) is 3. The molecule has 1 fully saturated rings. The van der Waals surface area contributed by atoms with Gasteiger partial charge in [-0.15, -0.1) is 0 Å². The number of hydrogen-bond acceptors (Lipinski definition) is 11. The highest BCUT2D eigenvalue weighted by Crippen LogP contribution is 2.19. The minimum Gasteiger partial charge on any atom is -0.457 e. The second kappa shape index (κ2) is 25.5. The van der Waals surface area contributed by atoms with Crippen LogP contribution in [0.5, 0.6) is 0 Å². The van der Waals surface area contributed by atoms with Crippen molar-refractivity contribution in [2.24, 2.45) is 11.8 Å². The van der Waals surface area contributed by atoms with E-state index in [1.165, 1.54) is 24.1 Å². The van der Waals surface area contributed by atoms with Crippen LogP contribution in [0.15, 0.2) is 90.1 Å². The molecule has 4 N–H and O–H groups in total. The quantitative estimate of drug-likeness (QED) is 0.0523. The standard InChI is InChI=1S/C46H66N4O9/c1-31(2)41(47-9)43(55)48-38(29-35-21-14-12-15-22-35)44(56)50-28-18-23-37(49-50)45(57)58-39(32(3)20-17-25-40(53)59-46(6,7)8)24-16-11-10-13-19-33(4)42(54)36(30-51)27-26-34(5)52/h10-17,19-22,25,30-31,36-39,41-42,47,49,54H,18,23-24,26-29H2,1-9H3,(H,48,55)/b13-10+,16-11+,25-17+,32-20+,33-19+/t36?,37?,38?,39-,41?,42?/m0/s1. The summed E-state index contributed by atoms with van der Waals surface area (Å²) >= 11 is 0. The van der Waals surface area contributed by atoms with E-state index in [-0.39, 0.29) is 49.2 Å². The number of rotatable bonds is 22. The van der Waals surface area contributed by atoms with Gasteiger partial charge in [-0.2, -0.15) is 0 Å². The Bertz CT molecular complexity index is 1710. The van der Waals surface area contributed by atoms with Gasteiger partial charge in [0.05, 0.1) is 12.1 Å². The highest BCUT2D eigenvalue weighted by atomic mass is 16.6. The molecule has 2 rings (SSSR count). The maximum absolute atomic E-state index is 14.0. The van der Waals surface area contributed by atoms with Crippen molar-refractivity contribution in [3.05, 3.63) is 95.6 Å². The Morgan fingerprint density at radius 1 is 0.983 bits per heavy atom. The van der Waals surface area contributed by atoms with Crippen LogP contribution in [0.2, 0.25) is 0 Å². The third-order valence-corrected chi connectivity index (χ3v) is 9.60.